The number of hydrogen-bond donors (Lipinski definition) is 1. The molecule has 0 saturated carbocycles. The third-order valence-corrected chi connectivity index (χ3v) is 3.86. The van der Waals surface area contributed by atoms with Gasteiger partial charge in [0, 0.05) is 19.3 Å². The van der Waals surface area contributed by atoms with Crippen molar-refractivity contribution >= 4 is 5.91 Å². The smallest absolute Gasteiger partial charge is 0.271 e. The predicted molar refractivity (Wildman–Crippen MR) is 91.0 cm³/mol. The molecule has 0 unspecified atom stereocenters. The molecule has 0 atom stereocenters. The van der Waals surface area contributed by atoms with Gasteiger partial charge in [0.05, 0.1) is 11.9 Å². The van der Waals surface area contributed by atoms with E-state index in [4.69, 9.17) is 0 Å². The highest BCUT2D eigenvalue weighted by Gasteiger charge is 2.10. The average Bonchev–Trinajstić information content (AvgIpc) is 2.59. The van der Waals surface area contributed by atoms with Gasteiger partial charge < -0.3 is 5.32 Å². The van der Waals surface area contributed by atoms with E-state index in [1.54, 1.807) is 6.20 Å². The van der Waals surface area contributed by atoms with E-state index in [0.29, 0.717) is 12.2 Å². The lowest BCUT2D eigenvalue weighted by Gasteiger charge is -2.20. The molecular weight excluding hydrogens is 288 g/mol. The Morgan fingerprint density at radius 3 is 2.39 bits per heavy atom. The molecule has 0 fully saturated rings. The van der Waals surface area contributed by atoms with Crippen molar-refractivity contribution in [2.24, 2.45) is 0 Å². The van der Waals surface area contributed by atoms with Crippen molar-refractivity contribution in [1.29, 1.82) is 0 Å². The number of aromatic nitrogens is 2. The number of nitrogens with one attached hydrogen (secondary N) is 1. The van der Waals surface area contributed by atoms with E-state index in [1.165, 1.54) is 11.8 Å². The van der Waals surface area contributed by atoms with Crippen molar-refractivity contribution in [3.8, 4) is 0 Å². The summed E-state index contributed by atoms with van der Waals surface area (Å²) in [6, 6.07) is 8.21. The number of carbonyl (C=O) groups excluding carboxylic acids is 1. The monoisotopic (exact) mass is 312 g/mol. The van der Waals surface area contributed by atoms with Gasteiger partial charge in [-0.1, -0.05) is 38.1 Å². The zero-order valence-corrected chi connectivity index (χ0v) is 14.0. The molecule has 0 bridgehead atoms. The molecule has 0 aliphatic carbocycles. The zero-order chi connectivity index (χ0) is 16.7. The maximum absolute atomic E-state index is 12.2. The number of aryl methyl sites for hydroxylation is 1. The van der Waals surface area contributed by atoms with Crippen LogP contribution in [0, 0.1) is 6.92 Å². The Morgan fingerprint density at radius 2 is 1.78 bits per heavy atom. The van der Waals surface area contributed by atoms with Gasteiger partial charge in [-0.15, -0.1) is 0 Å². The van der Waals surface area contributed by atoms with E-state index in [2.05, 4.69) is 46.2 Å². The van der Waals surface area contributed by atoms with Gasteiger partial charge in [-0.25, -0.2) is 4.98 Å². The number of benzene rings is 1. The molecule has 1 aromatic heterocycles. The lowest BCUT2D eigenvalue weighted by molar-refractivity contribution is 0.0945. The highest BCUT2D eigenvalue weighted by molar-refractivity contribution is 5.91. The molecule has 0 spiro atoms. The summed E-state index contributed by atoms with van der Waals surface area (Å²) in [5.74, 6) is -0.199. The normalized spacial score (nSPS) is 10.8. The first-order chi connectivity index (χ1) is 11.1. The van der Waals surface area contributed by atoms with Crippen molar-refractivity contribution in [2.45, 2.75) is 33.9 Å². The lowest BCUT2D eigenvalue weighted by atomic mass is 10.1. The van der Waals surface area contributed by atoms with Crippen LogP contribution in [0.3, 0.4) is 0 Å². The molecule has 0 aliphatic rings. The molecule has 0 saturated heterocycles. The molecule has 1 heterocycles. The molecule has 0 radical (unpaired) electrons. The van der Waals surface area contributed by atoms with Crippen LogP contribution in [0.4, 0.5) is 0 Å². The maximum Gasteiger partial charge on any atom is 0.271 e. The summed E-state index contributed by atoms with van der Waals surface area (Å²) in [5, 5.41) is 2.92. The Morgan fingerprint density at radius 1 is 1.09 bits per heavy atom. The van der Waals surface area contributed by atoms with Gasteiger partial charge in [0.1, 0.15) is 5.69 Å². The number of nitrogens with zero attached hydrogens (tertiary/aromatic N) is 3. The van der Waals surface area contributed by atoms with E-state index in [0.717, 1.165) is 30.9 Å². The van der Waals surface area contributed by atoms with Crippen LogP contribution < -0.4 is 5.32 Å². The van der Waals surface area contributed by atoms with E-state index in [-0.39, 0.29) is 5.91 Å². The molecule has 2 aromatic rings. The number of amides is 1. The fraction of sp³-hybridized carbons (Fsp3) is 0.389. The Labute approximate surface area is 137 Å². The van der Waals surface area contributed by atoms with Gasteiger partial charge in [0.2, 0.25) is 0 Å². The van der Waals surface area contributed by atoms with Gasteiger partial charge in [-0.05, 0) is 31.1 Å². The van der Waals surface area contributed by atoms with Crippen LogP contribution in [-0.4, -0.2) is 33.9 Å². The van der Waals surface area contributed by atoms with Crippen LogP contribution in [0.5, 0.6) is 0 Å². The minimum atomic E-state index is -0.199. The molecule has 23 heavy (non-hydrogen) atoms. The highest BCUT2D eigenvalue weighted by atomic mass is 16.1. The maximum atomic E-state index is 12.2. The van der Waals surface area contributed by atoms with Crippen LogP contribution >= 0.6 is 0 Å². The van der Waals surface area contributed by atoms with Gasteiger partial charge in [0.25, 0.3) is 5.91 Å². The van der Waals surface area contributed by atoms with E-state index >= 15 is 0 Å². The average molecular weight is 312 g/mol. The van der Waals surface area contributed by atoms with E-state index in [9.17, 15) is 4.79 Å². The Bertz CT molecular complexity index is 636. The van der Waals surface area contributed by atoms with Crippen LogP contribution in [-0.2, 0) is 13.1 Å². The summed E-state index contributed by atoms with van der Waals surface area (Å²) in [5.41, 5.74) is 3.52. The summed E-state index contributed by atoms with van der Waals surface area (Å²) in [6.45, 7) is 9.56. The second-order valence-electron chi connectivity index (χ2n) is 5.46. The Kier molecular flexibility index (Phi) is 6.23. The van der Waals surface area contributed by atoms with Crippen molar-refractivity contribution in [3.63, 3.8) is 0 Å². The third kappa shape index (κ3) is 4.86. The zero-order valence-electron chi connectivity index (χ0n) is 14.0. The second-order valence-corrected chi connectivity index (χ2v) is 5.46. The summed E-state index contributed by atoms with van der Waals surface area (Å²) in [4.78, 5) is 22.7. The van der Waals surface area contributed by atoms with Crippen LogP contribution in [0.25, 0.3) is 0 Å². The van der Waals surface area contributed by atoms with Crippen molar-refractivity contribution in [2.75, 3.05) is 13.1 Å². The summed E-state index contributed by atoms with van der Waals surface area (Å²) < 4.78 is 0. The van der Waals surface area contributed by atoms with Crippen molar-refractivity contribution in [3.05, 3.63) is 59.2 Å². The first-order valence-corrected chi connectivity index (χ1v) is 8.00. The molecule has 2 rings (SSSR count). The highest BCUT2D eigenvalue weighted by Crippen LogP contribution is 2.12. The number of carbonyl (C=O) groups is 1. The van der Waals surface area contributed by atoms with E-state index in [1.807, 2.05) is 19.1 Å². The minimum absolute atomic E-state index is 0.199. The molecule has 5 heteroatoms. The Balaban J connectivity index is 2.02. The summed E-state index contributed by atoms with van der Waals surface area (Å²) >= 11 is 0. The van der Waals surface area contributed by atoms with Crippen LogP contribution in [0.1, 0.15) is 41.2 Å². The molecule has 5 nitrogen and oxygen atoms in total. The minimum Gasteiger partial charge on any atom is -0.347 e. The van der Waals surface area contributed by atoms with Gasteiger partial charge in [-0.3, -0.25) is 14.7 Å². The Hall–Kier alpha value is -2.27. The van der Waals surface area contributed by atoms with Crippen molar-refractivity contribution < 1.29 is 4.79 Å². The molecule has 1 aromatic carbocycles. The van der Waals surface area contributed by atoms with Gasteiger partial charge in [0.15, 0.2) is 0 Å². The predicted octanol–water partition coefficient (Wildman–Crippen LogP) is 2.56. The molecule has 0 aliphatic heterocycles. The van der Waals surface area contributed by atoms with Crippen molar-refractivity contribution in [1.82, 2.24) is 20.2 Å². The second kappa shape index (κ2) is 8.39. The standard InChI is InChI=1S/C18H24N4O/c1-4-22(5-2)13-16-9-7-6-8-15(16)11-21-18(23)17-12-19-14(3)10-20-17/h6-10,12H,4-5,11,13H2,1-3H3,(H,21,23). The fourth-order valence-electron chi connectivity index (χ4n) is 2.35. The number of rotatable bonds is 7. The molecule has 1 amide bonds. The quantitative estimate of drug-likeness (QED) is 0.853. The summed E-state index contributed by atoms with van der Waals surface area (Å²) in [6.07, 6.45) is 3.11. The van der Waals surface area contributed by atoms with E-state index < -0.39 is 0 Å². The topological polar surface area (TPSA) is 58.1 Å². The summed E-state index contributed by atoms with van der Waals surface area (Å²) in [7, 11) is 0. The van der Waals surface area contributed by atoms with Crippen LogP contribution in [0.15, 0.2) is 36.7 Å². The lowest BCUT2D eigenvalue weighted by Crippen LogP contribution is -2.26. The largest absolute Gasteiger partial charge is 0.347 e. The van der Waals surface area contributed by atoms with Crippen LogP contribution in [0.2, 0.25) is 0 Å². The number of hydrogen-bond acceptors (Lipinski definition) is 4. The third-order valence-electron chi connectivity index (χ3n) is 3.86. The first kappa shape index (κ1) is 17.1. The van der Waals surface area contributed by atoms with Gasteiger partial charge >= 0.3 is 0 Å². The molecular formula is C18H24N4O. The first-order valence-electron chi connectivity index (χ1n) is 8.00. The molecule has 122 valence electrons. The van der Waals surface area contributed by atoms with Gasteiger partial charge in [-0.2, -0.15) is 0 Å². The molecule has 1 N–H and O–H groups in total. The SMILES string of the molecule is CCN(CC)Cc1ccccc1CNC(=O)c1cnc(C)cn1. The fourth-order valence-corrected chi connectivity index (χ4v) is 2.35.